The second-order valence-electron chi connectivity index (χ2n) is 7.62. The van der Waals surface area contributed by atoms with E-state index in [0.717, 1.165) is 36.2 Å². The summed E-state index contributed by atoms with van der Waals surface area (Å²) in [5, 5.41) is 15.1. The molecule has 1 saturated heterocycles. The molecule has 9 heteroatoms. The van der Waals surface area contributed by atoms with Crippen molar-refractivity contribution in [3.8, 4) is 0 Å². The van der Waals surface area contributed by atoms with Gasteiger partial charge in [-0.25, -0.2) is 13.9 Å². The van der Waals surface area contributed by atoms with Gasteiger partial charge in [0.05, 0.1) is 12.7 Å². The summed E-state index contributed by atoms with van der Waals surface area (Å²) < 4.78 is 27.2. The van der Waals surface area contributed by atoms with Crippen LogP contribution in [-0.2, 0) is 9.47 Å². The molecule has 4 heterocycles. The predicted molar refractivity (Wildman–Crippen MR) is 113 cm³/mol. The number of nitrogens with zero attached hydrogens (tertiary/aromatic N) is 4. The largest absolute Gasteiger partial charge is 0.376 e. The van der Waals surface area contributed by atoms with E-state index in [1.165, 1.54) is 12.1 Å². The fourth-order valence-corrected chi connectivity index (χ4v) is 3.69. The number of aromatic amines is 1. The molecule has 3 aromatic heterocycles. The van der Waals surface area contributed by atoms with Gasteiger partial charge in [0.1, 0.15) is 17.4 Å². The van der Waals surface area contributed by atoms with Gasteiger partial charge in [-0.3, -0.25) is 5.10 Å². The summed E-state index contributed by atoms with van der Waals surface area (Å²) in [5.41, 5.74) is 2.51. The number of hydrogen-bond donors (Lipinski definition) is 2. The van der Waals surface area contributed by atoms with Gasteiger partial charge in [-0.1, -0.05) is 12.1 Å². The lowest BCUT2D eigenvalue weighted by molar-refractivity contribution is -0.0105. The molecule has 1 aliphatic heterocycles. The Hall–Kier alpha value is -3.30. The fraction of sp³-hybridized carbons (Fsp3) is 0.318. The molecule has 0 amide bonds. The van der Waals surface area contributed by atoms with E-state index in [4.69, 9.17) is 14.5 Å². The highest BCUT2D eigenvalue weighted by molar-refractivity contribution is 5.72. The van der Waals surface area contributed by atoms with E-state index >= 15 is 0 Å². The number of rotatable bonds is 7. The van der Waals surface area contributed by atoms with Crippen molar-refractivity contribution in [2.24, 2.45) is 0 Å². The van der Waals surface area contributed by atoms with Gasteiger partial charge >= 0.3 is 0 Å². The quantitative estimate of drug-likeness (QED) is 0.469. The number of fused-ring (bicyclic) bond motifs is 1. The normalized spacial score (nSPS) is 17.3. The molecule has 31 heavy (non-hydrogen) atoms. The van der Waals surface area contributed by atoms with Crippen molar-refractivity contribution >= 4 is 17.2 Å². The van der Waals surface area contributed by atoms with Crippen molar-refractivity contribution in [3.63, 3.8) is 0 Å². The molecule has 160 valence electrons. The van der Waals surface area contributed by atoms with E-state index in [1.807, 2.05) is 31.3 Å². The molecule has 2 N–H and O–H groups in total. The molecular weight excluding hydrogens is 399 g/mol. The number of H-pyrrole nitrogens is 1. The summed E-state index contributed by atoms with van der Waals surface area (Å²) >= 11 is 0. The van der Waals surface area contributed by atoms with Crippen LogP contribution in [0.3, 0.4) is 0 Å². The van der Waals surface area contributed by atoms with Crippen molar-refractivity contribution in [3.05, 3.63) is 71.6 Å². The van der Waals surface area contributed by atoms with E-state index in [2.05, 4.69) is 20.6 Å². The van der Waals surface area contributed by atoms with Gasteiger partial charge < -0.3 is 14.8 Å². The van der Waals surface area contributed by atoms with E-state index in [-0.39, 0.29) is 11.9 Å². The minimum absolute atomic E-state index is 0.0443. The van der Waals surface area contributed by atoms with Crippen LogP contribution in [0.1, 0.15) is 36.0 Å². The van der Waals surface area contributed by atoms with Gasteiger partial charge in [0, 0.05) is 24.6 Å². The molecule has 5 rings (SSSR count). The van der Waals surface area contributed by atoms with Crippen LogP contribution in [0.2, 0.25) is 0 Å². The maximum Gasteiger partial charge on any atom is 0.184 e. The average Bonchev–Trinajstić information content (AvgIpc) is 3.52. The van der Waals surface area contributed by atoms with Crippen LogP contribution in [-0.4, -0.2) is 44.1 Å². The molecule has 0 aliphatic carbocycles. The lowest BCUT2D eigenvalue weighted by Gasteiger charge is -2.20. The second-order valence-corrected chi connectivity index (χ2v) is 7.62. The Balaban J connectivity index is 1.52. The molecule has 0 radical (unpaired) electrons. The Labute approximate surface area is 178 Å². The number of anilines is 2. The smallest absolute Gasteiger partial charge is 0.184 e. The van der Waals surface area contributed by atoms with Gasteiger partial charge in [-0.05, 0) is 49.6 Å². The third-order valence-corrected chi connectivity index (χ3v) is 5.24. The van der Waals surface area contributed by atoms with Gasteiger partial charge in [0.25, 0.3) is 0 Å². The molecule has 0 saturated carbocycles. The van der Waals surface area contributed by atoms with Crippen molar-refractivity contribution in [2.45, 2.75) is 32.0 Å². The lowest BCUT2D eigenvalue weighted by atomic mass is 10.1. The number of nitrogens with one attached hydrogen (secondary N) is 2. The standard InChI is InChI=1S/C22H23FN6O2/c1-14-12-19(27-26-14)24-21-18-5-2-10-29(18)28-22(25-21)20(15-6-8-16(23)9-7-15)31-13-17-4-3-11-30-17/h2,5-10,12,17,20H,3-4,11,13H2,1H3,(H2,24,25,26,27,28)/t17-,20?/m1/s1. The Morgan fingerprint density at radius 3 is 2.94 bits per heavy atom. The van der Waals surface area contributed by atoms with Crippen LogP contribution in [0, 0.1) is 12.7 Å². The van der Waals surface area contributed by atoms with Crippen molar-refractivity contribution < 1.29 is 13.9 Å². The summed E-state index contributed by atoms with van der Waals surface area (Å²) in [6.07, 6.45) is 3.31. The second kappa shape index (κ2) is 8.44. The Kier molecular flexibility index (Phi) is 5.35. The molecule has 2 atom stereocenters. The zero-order chi connectivity index (χ0) is 21.2. The highest BCUT2D eigenvalue weighted by Gasteiger charge is 2.24. The molecule has 1 aliphatic rings. The van der Waals surface area contributed by atoms with E-state index in [1.54, 1.807) is 16.6 Å². The maximum absolute atomic E-state index is 13.5. The Morgan fingerprint density at radius 2 is 2.19 bits per heavy atom. The first-order valence-corrected chi connectivity index (χ1v) is 10.3. The number of halogens is 1. The van der Waals surface area contributed by atoms with E-state index in [9.17, 15) is 4.39 Å². The summed E-state index contributed by atoms with van der Waals surface area (Å²) in [6.45, 7) is 3.09. The first-order chi connectivity index (χ1) is 15.2. The van der Waals surface area contributed by atoms with Crippen molar-refractivity contribution in [1.82, 2.24) is 24.8 Å². The lowest BCUT2D eigenvalue weighted by Crippen LogP contribution is -2.20. The van der Waals surface area contributed by atoms with Crippen molar-refractivity contribution in [1.29, 1.82) is 0 Å². The van der Waals surface area contributed by atoms with Crippen LogP contribution in [0.4, 0.5) is 16.0 Å². The van der Waals surface area contributed by atoms with Gasteiger partial charge in [-0.15, -0.1) is 5.10 Å². The van der Waals surface area contributed by atoms with E-state index < -0.39 is 6.10 Å². The van der Waals surface area contributed by atoms with Crippen LogP contribution in [0.25, 0.3) is 5.52 Å². The van der Waals surface area contributed by atoms with Gasteiger partial charge in [-0.2, -0.15) is 5.10 Å². The summed E-state index contributed by atoms with van der Waals surface area (Å²) in [7, 11) is 0. The number of aromatic nitrogens is 5. The van der Waals surface area contributed by atoms with Crippen LogP contribution < -0.4 is 5.32 Å². The van der Waals surface area contributed by atoms with Crippen LogP contribution in [0.5, 0.6) is 0 Å². The number of hydrogen-bond acceptors (Lipinski definition) is 6. The highest BCUT2D eigenvalue weighted by Crippen LogP contribution is 2.28. The summed E-state index contributed by atoms with van der Waals surface area (Å²) in [5.74, 6) is 1.42. The molecule has 8 nitrogen and oxygen atoms in total. The SMILES string of the molecule is Cc1cc(Nc2nc(C(OC[C@H]3CCCO3)c3ccc(F)cc3)nn3cccc23)n[nH]1. The zero-order valence-corrected chi connectivity index (χ0v) is 17.1. The maximum atomic E-state index is 13.5. The third kappa shape index (κ3) is 4.28. The average molecular weight is 422 g/mol. The minimum atomic E-state index is -0.571. The summed E-state index contributed by atoms with van der Waals surface area (Å²) in [6, 6.07) is 11.9. The monoisotopic (exact) mass is 422 g/mol. The summed E-state index contributed by atoms with van der Waals surface area (Å²) in [4.78, 5) is 4.77. The molecule has 0 bridgehead atoms. The minimum Gasteiger partial charge on any atom is -0.376 e. The van der Waals surface area contributed by atoms with Gasteiger partial charge in [0.15, 0.2) is 17.5 Å². The highest BCUT2D eigenvalue weighted by atomic mass is 19.1. The van der Waals surface area contributed by atoms with E-state index in [0.29, 0.717) is 24.1 Å². The first kappa shape index (κ1) is 19.7. The fourth-order valence-electron chi connectivity index (χ4n) is 3.69. The zero-order valence-electron chi connectivity index (χ0n) is 17.1. The number of benzene rings is 1. The molecule has 1 unspecified atom stereocenters. The van der Waals surface area contributed by atoms with Crippen LogP contribution in [0.15, 0.2) is 48.7 Å². The predicted octanol–water partition coefficient (Wildman–Crippen LogP) is 3.93. The number of ether oxygens (including phenoxy) is 2. The molecule has 4 aromatic rings. The third-order valence-electron chi connectivity index (χ3n) is 5.24. The first-order valence-electron chi connectivity index (χ1n) is 10.3. The van der Waals surface area contributed by atoms with Gasteiger partial charge in [0.2, 0.25) is 0 Å². The van der Waals surface area contributed by atoms with Crippen LogP contribution >= 0.6 is 0 Å². The topological polar surface area (TPSA) is 89.4 Å². The van der Waals surface area contributed by atoms with Crippen molar-refractivity contribution in [2.75, 3.05) is 18.5 Å². The molecule has 0 spiro atoms. The molecule has 1 aromatic carbocycles. The Morgan fingerprint density at radius 1 is 1.32 bits per heavy atom. The Bertz CT molecular complexity index is 1170. The molecular formula is C22H23FN6O2. The molecule has 1 fully saturated rings. The number of aryl methyl sites for hydroxylation is 1.